The van der Waals surface area contributed by atoms with Gasteiger partial charge in [-0.1, -0.05) is 24.3 Å². The highest BCUT2D eigenvalue weighted by atomic mass is 32.1. The van der Waals surface area contributed by atoms with Crippen molar-refractivity contribution >= 4 is 28.7 Å². The van der Waals surface area contributed by atoms with Crippen molar-refractivity contribution in [2.24, 2.45) is 0 Å². The Hall–Kier alpha value is -2.73. The number of hydrogen-bond donors (Lipinski definition) is 1. The standard InChI is InChI=1S/C20H22N4OS/c1-4-24(16-9-6-5-7-10-16)18(25)13-21-19-14(2)15(3)22-20(23-19)17-11-8-12-26-17/h5-12H,4,13H2,1-3H3,(H,21,22,23). The van der Waals surface area contributed by atoms with Crippen molar-refractivity contribution in [1.82, 2.24) is 9.97 Å². The summed E-state index contributed by atoms with van der Waals surface area (Å²) in [5.41, 5.74) is 2.77. The first kappa shape index (κ1) is 18.1. The van der Waals surface area contributed by atoms with E-state index in [9.17, 15) is 4.79 Å². The molecule has 0 saturated carbocycles. The number of hydrogen-bond acceptors (Lipinski definition) is 5. The van der Waals surface area contributed by atoms with Gasteiger partial charge in [-0.2, -0.15) is 0 Å². The van der Waals surface area contributed by atoms with Crippen molar-refractivity contribution in [3.8, 4) is 10.7 Å². The number of thiophene rings is 1. The fourth-order valence-electron chi connectivity index (χ4n) is 2.68. The third kappa shape index (κ3) is 3.91. The normalized spacial score (nSPS) is 10.6. The summed E-state index contributed by atoms with van der Waals surface area (Å²) in [6.45, 7) is 6.70. The van der Waals surface area contributed by atoms with Crippen LogP contribution in [-0.2, 0) is 4.79 Å². The summed E-state index contributed by atoms with van der Waals surface area (Å²) in [5, 5.41) is 5.21. The summed E-state index contributed by atoms with van der Waals surface area (Å²) < 4.78 is 0. The first-order valence-corrected chi connectivity index (χ1v) is 9.46. The Morgan fingerprint density at radius 1 is 1.12 bits per heavy atom. The topological polar surface area (TPSA) is 58.1 Å². The summed E-state index contributed by atoms with van der Waals surface area (Å²) >= 11 is 1.60. The van der Waals surface area contributed by atoms with Crippen LogP contribution in [0.1, 0.15) is 18.2 Å². The minimum Gasteiger partial charge on any atom is -0.361 e. The van der Waals surface area contributed by atoms with Crippen LogP contribution in [0.25, 0.3) is 10.7 Å². The van der Waals surface area contributed by atoms with Crippen LogP contribution >= 0.6 is 11.3 Å². The van der Waals surface area contributed by atoms with Crippen LogP contribution in [0.5, 0.6) is 0 Å². The van der Waals surface area contributed by atoms with Crippen molar-refractivity contribution in [2.75, 3.05) is 23.3 Å². The van der Waals surface area contributed by atoms with Gasteiger partial charge in [0.2, 0.25) is 5.91 Å². The SMILES string of the molecule is CCN(C(=O)CNc1nc(-c2cccs2)nc(C)c1C)c1ccccc1. The lowest BCUT2D eigenvalue weighted by atomic mass is 10.2. The molecular formula is C20H22N4OS. The second kappa shape index (κ2) is 8.10. The fraction of sp³-hybridized carbons (Fsp3) is 0.250. The maximum Gasteiger partial charge on any atom is 0.246 e. The third-order valence-electron chi connectivity index (χ3n) is 4.22. The highest BCUT2D eigenvalue weighted by Crippen LogP contribution is 2.25. The zero-order valence-electron chi connectivity index (χ0n) is 15.2. The molecule has 6 heteroatoms. The van der Waals surface area contributed by atoms with Gasteiger partial charge < -0.3 is 10.2 Å². The molecule has 3 rings (SSSR count). The van der Waals surface area contributed by atoms with E-state index < -0.39 is 0 Å². The number of rotatable bonds is 6. The second-order valence-corrected chi connectivity index (χ2v) is 6.86. The summed E-state index contributed by atoms with van der Waals surface area (Å²) in [5.74, 6) is 1.40. The van der Waals surface area contributed by atoms with Crippen molar-refractivity contribution in [3.63, 3.8) is 0 Å². The first-order valence-electron chi connectivity index (χ1n) is 8.58. The van der Waals surface area contributed by atoms with E-state index in [0.29, 0.717) is 18.2 Å². The van der Waals surface area contributed by atoms with E-state index >= 15 is 0 Å². The van der Waals surface area contributed by atoms with Crippen molar-refractivity contribution in [3.05, 3.63) is 59.1 Å². The van der Waals surface area contributed by atoms with Gasteiger partial charge in [0.15, 0.2) is 5.82 Å². The molecule has 1 N–H and O–H groups in total. The smallest absolute Gasteiger partial charge is 0.246 e. The van der Waals surface area contributed by atoms with Gasteiger partial charge in [0.05, 0.1) is 11.4 Å². The van der Waals surface area contributed by atoms with Crippen LogP contribution in [-0.4, -0.2) is 29.0 Å². The minimum absolute atomic E-state index is 0.00652. The van der Waals surface area contributed by atoms with Gasteiger partial charge >= 0.3 is 0 Å². The number of para-hydroxylation sites is 1. The van der Waals surface area contributed by atoms with Crippen LogP contribution in [0, 0.1) is 13.8 Å². The molecule has 2 heterocycles. The predicted molar refractivity (Wildman–Crippen MR) is 108 cm³/mol. The van der Waals surface area contributed by atoms with Gasteiger partial charge in [0.1, 0.15) is 5.82 Å². The number of carbonyl (C=O) groups excluding carboxylic acids is 1. The lowest BCUT2D eigenvalue weighted by Gasteiger charge is -2.21. The van der Waals surface area contributed by atoms with Crippen LogP contribution < -0.4 is 10.2 Å². The van der Waals surface area contributed by atoms with E-state index in [1.54, 1.807) is 16.2 Å². The number of aromatic nitrogens is 2. The lowest BCUT2D eigenvalue weighted by Crippen LogP contribution is -2.35. The van der Waals surface area contributed by atoms with Crippen molar-refractivity contribution < 1.29 is 4.79 Å². The molecule has 0 bridgehead atoms. The van der Waals surface area contributed by atoms with Gasteiger partial charge in [0.25, 0.3) is 0 Å². The molecular weight excluding hydrogens is 344 g/mol. The molecule has 0 fully saturated rings. The van der Waals surface area contributed by atoms with E-state index in [1.165, 1.54) is 0 Å². The Bertz CT molecular complexity index is 878. The molecule has 0 atom stereocenters. The van der Waals surface area contributed by atoms with Gasteiger partial charge in [-0.3, -0.25) is 4.79 Å². The number of nitrogens with zero attached hydrogens (tertiary/aromatic N) is 3. The number of nitrogens with one attached hydrogen (secondary N) is 1. The summed E-state index contributed by atoms with van der Waals surface area (Å²) in [4.78, 5) is 24.6. The molecule has 0 saturated heterocycles. The maximum atomic E-state index is 12.7. The average Bonchev–Trinajstić information content (AvgIpc) is 3.19. The van der Waals surface area contributed by atoms with Gasteiger partial charge in [-0.25, -0.2) is 9.97 Å². The fourth-order valence-corrected chi connectivity index (χ4v) is 3.34. The molecule has 0 unspecified atom stereocenters. The first-order chi connectivity index (χ1) is 12.6. The zero-order valence-corrected chi connectivity index (χ0v) is 16.0. The highest BCUT2D eigenvalue weighted by molar-refractivity contribution is 7.13. The Morgan fingerprint density at radius 2 is 1.88 bits per heavy atom. The molecule has 1 amide bonds. The maximum absolute atomic E-state index is 12.7. The molecule has 3 aromatic rings. The number of amides is 1. The Labute approximate surface area is 157 Å². The van der Waals surface area contributed by atoms with Gasteiger partial charge in [0, 0.05) is 23.5 Å². The molecule has 0 spiro atoms. The molecule has 0 aliphatic carbocycles. The van der Waals surface area contributed by atoms with E-state index in [-0.39, 0.29) is 12.5 Å². The van der Waals surface area contributed by atoms with Crippen molar-refractivity contribution in [1.29, 1.82) is 0 Å². The summed E-state index contributed by atoms with van der Waals surface area (Å²) in [6.07, 6.45) is 0. The van der Waals surface area contributed by atoms with Gasteiger partial charge in [-0.15, -0.1) is 11.3 Å². The quantitative estimate of drug-likeness (QED) is 0.707. The molecule has 26 heavy (non-hydrogen) atoms. The number of anilines is 2. The van der Waals surface area contributed by atoms with Crippen LogP contribution in [0.2, 0.25) is 0 Å². The molecule has 5 nitrogen and oxygen atoms in total. The number of aryl methyl sites for hydroxylation is 1. The van der Waals surface area contributed by atoms with Crippen LogP contribution in [0.3, 0.4) is 0 Å². The van der Waals surface area contributed by atoms with Crippen LogP contribution in [0.15, 0.2) is 47.8 Å². The van der Waals surface area contributed by atoms with Crippen LogP contribution in [0.4, 0.5) is 11.5 Å². The average molecular weight is 366 g/mol. The third-order valence-corrected chi connectivity index (χ3v) is 5.09. The molecule has 1 aromatic carbocycles. The summed E-state index contributed by atoms with van der Waals surface area (Å²) in [7, 11) is 0. The Morgan fingerprint density at radius 3 is 2.54 bits per heavy atom. The predicted octanol–water partition coefficient (Wildman–Crippen LogP) is 4.29. The molecule has 0 radical (unpaired) electrons. The van der Waals surface area contributed by atoms with E-state index in [1.807, 2.05) is 68.6 Å². The van der Waals surface area contributed by atoms with Crippen molar-refractivity contribution in [2.45, 2.75) is 20.8 Å². The molecule has 2 aromatic heterocycles. The highest BCUT2D eigenvalue weighted by Gasteiger charge is 2.15. The summed E-state index contributed by atoms with van der Waals surface area (Å²) in [6, 6.07) is 13.7. The molecule has 0 aliphatic heterocycles. The molecule has 0 aliphatic rings. The Kier molecular flexibility index (Phi) is 5.63. The lowest BCUT2D eigenvalue weighted by molar-refractivity contribution is -0.116. The zero-order chi connectivity index (χ0) is 18.5. The largest absolute Gasteiger partial charge is 0.361 e. The Balaban J connectivity index is 1.77. The second-order valence-electron chi connectivity index (χ2n) is 5.91. The molecule has 134 valence electrons. The monoisotopic (exact) mass is 366 g/mol. The van der Waals surface area contributed by atoms with E-state index in [4.69, 9.17) is 0 Å². The van der Waals surface area contributed by atoms with Gasteiger partial charge in [-0.05, 0) is 44.4 Å². The minimum atomic E-state index is 0.00652. The van der Waals surface area contributed by atoms with E-state index in [0.717, 1.165) is 21.8 Å². The number of benzene rings is 1. The van der Waals surface area contributed by atoms with E-state index in [2.05, 4.69) is 15.3 Å². The number of carbonyl (C=O) groups is 1. The number of likely N-dealkylation sites (N-methyl/N-ethyl adjacent to an activating group) is 1.